The predicted octanol–water partition coefficient (Wildman–Crippen LogP) is 2.81. The van der Waals surface area contributed by atoms with Crippen LogP contribution in [0.15, 0.2) is 0 Å². The van der Waals surface area contributed by atoms with Crippen LogP contribution in [0.25, 0.3) is 0 Å². The van der Waals surface area contributed by atoms with E-state index >= 15 is 0 Å². The van der Waals surface area contributed by atoms with Gasteiger partial charge in [0, 0.05) is 4.88 Å². The molecule has 13 heavy (non-hydrogen) atoms. The number of aromatic nitrogens is 1. The Bertz CT molecular complexity index is 277. The van der Waals surface area contributed by atoms with Crippen LogP contribution in [-0.2, 0) is 0 Å². The van der Waals surface area contributed by atoms with Crippen LogP contribution in [0.1, 0.15) is 42.4 Å². The summed E-state index contributed by atoms with van der Waals surface area (Å²) >= 11 is 1.71. The van der Waals surface area contributed by atoms with Gasteiger partial charge in [0.05, 0.1) is 11.7 Å². The first kappa shape index (κ1) is 10.7. The average molecular weight is 198 g/mol. The van der Waals surface area contributed by atoms with E-state index in [0.29, 0.717) is 0 Å². The summed E-state index contributed by atoms with van der Waals surface area (Å²) in [7, 11) is 0. The Morgan fingerprint density at radius 2 is 1.85 bits per heavy atom. The van der Waals surface area contributed by atoms with Crippen molar-refractivity contribution in [2.75, 3.05) is 0 Å². The molecule has 0 spiro atoms. The number of hydrogen-bond acceptors (Lipinski definition) is 3. The molecule has 1 aromatic heterocycles. The van der Waals surface area contributed by atoms with Gasteiger partial charge in [0.15, 0.2) is 0 Å². The Balaban J connectivity index is 2.96. The number of nitrogens with zero attached hydrogens (tertiary/aromatic N) is 1. The van der Waals surface area contributed by atoms with Crippen LogP contribution >= 0.6 is 11.3 Å². The first-order valence-electron chi connectivity index (χ1n) is 4.52. The fourth-order valence-corrected chi connectivity index (χ4v) is 2.17. The largest absolute Gasteiger partial charge is 0.322 e. The molecular formula is C10H18N2S. The summed E-state index contributed by atoms with van der Waals surface area (Å²) in [6.45, 7) is 10.5. The number of rotatable bonds is 1. The molecule has 0 aliphatic carbocycles. The zero-order valence-corrected chi connectivity index (χ0v) is 9.83. The lowest BCUT2D eigenvalue weighted by atomic mass is 9.88. The fourth-order valence-electron chi connectivity index (χ4n) is 1.00. The smallest absolute Gasteiger partial charge is 0.110 e. The molecule has 1 heterocycles. The highest BCUT2D eigenvalue weighted by atomic mass is 32.1. The van der Waals surface area contributed by atoms with Crippen molar-refractivity contribution in [2.45, 2.75) is 40.7 Å². The van der Waals surface area contributed by atoms with Gasteiger partial charge in [0.2, 0.25) is 0 Å². The van der Waals surface area contributed by atoms with Crippen molar-refractivity contribution in [1.82, 2.24) is 4.98 Å². The molecule has 1 rings (SSSR count). The summed E-state index contributed by atoms with van der Waals surface area (Å²) in [6, 6.07) is 0.0462. The van der Waals surface area contributed by atoms with E-state index in [2.05, 4.69) is 32.7 Å². The van der Waals surface area contributed by atoms with Crippen LogP contribution in [0.2, 0.25) is 0 Å². The highest BCUT2D eigenvalue weighted by molar-refractivity contribution is 7.11. The summed E-state index contributed by atoms with van der Waals surface area (Å²) in [5.74, 6) is 0. The minimum absolute atomic E-state index is 0.0462. The van der Waals surface area contributed by atoms with E-state index in [0.717, 1.165) is 10.7 Å². The van der Waals surface area contributed by atoms with Gasteiger partial charge in [0.1, 0.15) is 5.01 Å². The molecule has 0 aliphatic heterocycles. The second-order valence-electron chi connectivity index (χ2n) is 4.54. The van der Waals surface area contributed by atoms with Crippen molar-refractivity contribution in [1.29, 1.82) is 0 Å². The van der Waals surface area contributed by atoms with Crippen LogP contribution in [-0.4, -0.2) is 4.98 Å². The summed E-state index contributed by atoms with van der Waals surface area (Å²) in [5, 5.41) is 1.06. The predicted molar refractivity (Wildman–Crippen MR) is 58.0 cm³/mol. The van der Waals surface area contributed by atoms with Crippen molar-refractivity contribution >= 4 is 11.3 Å². The molecule has 74 valence electrons. The molecule has 0 amide bonds. The lowest BCUT2D eigenvalue weighted by Gasteiger charge is -2.24. The van der Waals surface area contributed by atoms with Crippen molar-refractivity contribution in [3.05, 3.63) is 15.6 Å². The number of hydrogen-bond donors (Lipinski definition) is 1. The van der Waals surface area contributed by atoms with Crippen molar-refractivity contribution < 1.29 is 0 Å². The van der Waals surface area contributed by atoms with Gasteiger partial charge < -0.3 is 5.73 Å². The maximum atomic E-state index is 6.10. The van der Waals surface area contributed by atoms with E-state index < -0.39 is 0 Å². The maximum Gasteiger partial charge on any atom is 0.110 e. The number of aryl methyl sites for hydroxylation is 2. The van der Waals surface area contributed by atoms with Crippen LogP contribution < -0.4 is 5.73 Å². The molecule has 3 heteroatoms. The van der Waals surface area contributed by atoms with Crippen LogP contribution in [0.4, 0.5) is 0 Å². The summed E-state index contributed by atoms with van der Waals surface area (Å²) in [5.41, 5.74) is 7.31. The Labute approximate surface area is 84.2 Å². The SMILES string of the molecule is Cc1nc(C(N)C(C)(C)C)sc1C. The van der Waals surface area contributed by atoms with Crippen LogP contribution in [0, 0.1) is 19.3 Å². The first-order chi connectivity index (χ1) is 5.82. The molecule has 0 aromatic carbocycles. The Kier molecular flexibility index (Phi) is 2.78. The molecule has 1 unspecified atom stereocenters. The Morgan fingerprint density at radius 3 is 2.15 bits per heavy atom. The third-order valence-electron chi connectivity index (χ3n) is 2.24. The monoisotopic (exact) mass is 198 g/mol. The standard InChI is InChI=1S/C10H18N2S/c1-6-7(2)13-9(12-6)8(11)10(3,4)5/h8H,11H2,1-5H3. The van der Waals surface area contributed by atoms with Gasteiger partial charge in [-0.15, -0.1) is 11.3 Å². The minimum Gasteiger partial charge on any atom is -0.322 e. The van der Waals surface area contributed by atoms with Crippen LogP contribution in [0.5, 0.6) is 0 Å². The molecule has 2 N–H and O–H groups in total. The minimum atomic E-state index is 0.0462. The molecule has 1 aromatic rings. The number of thiazole rings is 1. The molecule has 0 bridgehead atoms. The van der Waals surface area contributed by atoms with Gasteiger partial charge in [-0.05, 0) is 19.3 Å². The van der Waals surface area contributed by atoms with Gasteiger partial charge in [-0.2, -0.15) is 0 Å². The summed E-state index contributed by atoms with van der Waals surface area (Å²) in [6.07, 6.45) is 0. The van der Waals surface area contributed by atoms with Gasteiger partial charge in [-0.1, -0.05) is 20.8 Å². The normalized spacial score (nSPS) is 14.6. The van der Waals surface area contributed by atoms with E-state index in [4.69, 9.17) is 5.73 Å². The van der Waals surface area contributed by atoms with Gasteiger partial charge in [0.25, 0.3) is 0 Å². The second-order valence-corrected chi connectivity index (χ2v) is 5.77. The topological polar surface area (TPSA) is 38.9 Å². The van der Waals surface area contributed by atoms with E-state index in [1.165, 1.54) is 4.88 Å². The van der Waals surface area contributed by atoms with Crippen LogP contribution in [0.3, 0.4) is 0 Å². The molecule has 0 saturated heterocycles. The van der Waals surface area contributed by atoms with Crippen molar-refractivity contribution in [2.24, 2.45) is 11.1 Å². The molecule has 2 nitrogen and oxygen atoms in total. The van der Waals surface area contributed by atoms with Crippen molar-refractivity contribution in [3.8, 4) is 0 Å². The third-order valence-corrected chi connectivity index (χ3v) is 3.40. The molecular weight excluding hydrogens is 180 g/mol. The lowest BCUT2D eigenvalue weighted by molar-refractivity contribution is 0.326. The molecule has 0 radical (unpaired) electrons. The summed E-state index contributed by atoms with van der Waals surface area (Å²) < 4.78 is 0. The highest BCUT2D eigenvalue weighted by Crippen LogP contribution is 2.33. The maximum absolute atomic E-state index is 6.10. The zero-order chi connectivity index (χ0) is 10.2. The first-order valence-corrected chi connectivity index (χ1v) is 5.33. The molecule has 1 atom stereocenters. The fraction of sp³-hybridized carbons (Fsp3) is 0.700. The molecule has 0 fully saturated rings. The average Bonchev–Trinajstić information content (AvgIpc) is 2.29. The zero-order valence-electron chi connectivity index (χ0n) is 9.01. The summed E-state index contributed by atoms with van der Waals surface area (Å²) in [4.78, 5) is 5.74. The van der Waals surface area contributed by atoms with Gasteiger partial charge >= 0.3 is 0 Å². The Morgan fingerprint density at radius 1 is 1.31 bits per heavy atom. The Hall–Kier alpha value is -0.410. The van der Waals surface area contributed by atoms with Crippen molar-refractivity contribution in [3.63, 3.8) is 0 Å². The molecule has 0 aliphatic rings. The van der Waals surface area contributed by atoms with Gasteiger partial charge in [-0.3, -0.25) is 0 Å². The van der Waals surface area contributed by atoms with E-state index in [1.54, 1.807) is 11.3 Å². The number of nitrogens with two attached hydrogens (primary N) is 1. The molecule has 0 saturated carbocycles. The quantitative estimate of drug-likeness (QED) is 0.753. The third kappa shape index (κ3) is 2.29. The second kappa shape index (κ2) is 3.39. The van der Waals surface area contributed by atoms with E-state index in [1.807, 2.05) is 6.92 Å². The van der Waals surface area contributed by atoms with Gasteiger partial charge in [-0.25, -0.2) is 4.98 Å². The highest BCUT2D eigenvalue weighted by Gasteiger charge is 2.25. The van der Waals surface area contributed by atoms with E-state index in [-0.39, 0.29) is 11.5 Å². The lowest BCUT2D eigenvalue weighted by Crippen LogP contribution is -2.26. The van der Waals surface area contributed by atoms with E-state index in [9.17, 15) is 0 Å².